The van der Waals surface area contributed by atoms with Crippen LogP contribution in [0.1, 0.15) is 31.7 Å². The van der Waals surface area contributed by atoms with E-state index >= 15 is 0 Å². The SMILES string of the molecule is CCPCCCCCc1ccccc1. The Balaban J connectivity index is 1.99. The highest BCUT2D eigenvalue weighted by Crippen LogP contribution is 2.13. The molecule has 0 bridgehead atoms. The van der Waals surface area contributed by atoms with Crippen LogP contribution in [0.15, 0.2) is 30.3 Å². The van der Waals surface area contributed by atoms with Crippen molar-refractivity contribution in [1.82, 2.24) is 0 Å². The van der Waals surface area contributed by atoms with Crippen molar-refractivity contribution in [3.8, 4) is 0 Å². The minimum Gasteiger partial charge on any atom is -0.122 e. The third-order valence-electron chi connectivity index (χ3n) is 2.41. The zero-order chi connectivity index (χ0) is 10.1. The van der Waals surface area contributed by atoms with Gasteiger partial charge in [0.15, 0.2) is 0 Å². The van der Waals surface area contributed by atoms with E-state index in [4.69, 9.17) is 0 Å². The van der Waals surface area contributed by atoms with Gasteiger partial charge in [-0.3, -0.25) is 0 Å². The van der Waals surface area contributed by atoms with Gasteiger partial charge in [-0.05, 0) is 37.1 Å². The van der Waals surface area contributed by atoms with Crippen LogP contribution in [0.3, 0.4) is 0 Å². The summed E-state index contributed by atoms with van der Waals surface area (Å²) in [5.41, 5.74) is 1.49. The van der Waals surface area contributed by atoms with Gasteiger partial charge < -0.3 is 0 Å². The van der Waals surface area contributed by atoms with Gasteiger partial charge in [-0.1, -0.05) is 43.7 Å². The van der Waals surface area contributed by atoms with Crippen molar-refractivity contribution in [3.63, 3.8) is 0 Å². The summed E-state index contributed by atoms with van der Waals surface area (Å²) in [6.45, 7) is 2.28. The van der Waals surface area contributed by atoms with Crippen LogP contribution >= 0.6 is 8.58 Å². The maximum atomic E-state index is 2.28. The van der Waals surface area contributed by atoms with Gasteiger partial charge in [-0.15, -0.1) is 8.58 Å². The fourth-order valence-electron chi connectivity index (χ4n) is 1.58. The first-order valence-corrected chi connectivity index (χ1v) is 7.09. The summed E-state index contributed by atoms with van der Waals surface area (Å²) in [6.07, 6.45) is 8.28. The molecule has 0 aromatic heterocycles. The molecule has 1 aromatic rings. The molecule has 1 aromatic carbocycles. The van der Waals surface area contributed by atoms with E-state index in [1.54, 1.807) is 0 Å². The summed E-state index contributed by atoms with van der Waals surface area (Å²) in [5.74, 6) is 0. The topological polar surface area (TPSA) is 0 Å². The molecule has 0 saturated heterocycles. The number of rotatable bonds is 7. The minimum absolute atomic E-state index is 1.19. The van der Waals surface area contributed by atoms with Gasteiger partial charge in [0.1, 0.15) is 0 Å². The Kier molecular flexibility index (Phi) is 6.70. The second-order valence-corrected chi connectivity index (χ2v) is 5.36. The lowest BCUT2D eigenvalue weighted by atomic mass is 10.1. The van der Waals surface area contributed by atoms with E-state index in [2.05, 4.69) is 37.3 Å². The zero-order valence-electron chi connectivity index (χ0n) is 9.13. The first-order chi connectivity index (χ1) is 6.93. The summed E-state index contributed by atoms with van der Waals surface area (Å²) in [5, 5.41) is 0. The van der Waals surface area contributed by atoms with Crippen molar-refractivity contribution in [1.29, 1.82) is 0 Å². The van der Waals surface area contributed by atoms with E-state index in [-0.39, 0.29) is 0 Å². The molecule has 0 saturated carbocycles. The molecule has 1 unspecified atom stereocenters. The van der Waals surface area contributed by atoms with E-state index in [0.717, 1.165) is 0 Å². The molecule has 78 valence electrons. The van der Waals surface area contributed by atoms with Crippen molar-refractivity contribution in [2.75, 3.05) is 12.3 Å². The average molecular weight is 208 g/mol. The van der Waals surface area contributed by atoms with Crippen molar-refractivity contribution in [2.45, 2.75) is 32.6 Å². The normalized spacial score (nSPS) is 11.2. The minimum atomic E-state index is 1.19. The van der Waals surface area contributed by atoms with Crippen LogP contribution in [-0.4, -0.2) is 12.3 Å². The van der Waals surface area contributed by atoms with Gasteiger partial charge in [-0.25, -0.2) is 0 Å². The summed E-state index contributed by atoms with van der Waals surface area (Å²) in [6, 6.07) is 10.8. The van der Waals surface area contributed by atoms with E-state index in [1.807, 2.05) is 0 Å². The van der Waals surface area contributed by atoms with Crippen molar-refractivity contribution < 1.29 is 0 Å². The molecule has 0 amide bonds. The molecule has 1 heteroatoms. The average Bonchev–Trinajstić information content (AvgIpc) is 2.25. The fraction of sp³-hybridized carbons (Fsp3) is 0.538. The van der Waals surface area contributed by atoms with Crippen LogP contribution in [0.4, 0.5) is 0 Å². The predicted molar refractivity (Wildman–Crippen MR) is 67.7 cm³/mol. The van der Waals surface area contributed by atoms with Crippen LogP contribution < -0.4 is 0 Å². The Hall–Kier alpha value is -0.350. The Morgan fingerprint density at radius 3 is 2.50 bits per heavy atom. The summed E-state index contributed by atoms with van der Waals surface area (Å²) in [7, 11) is 1.19. The highest BCUT2D eigenvalue weighted by atomic mass is 31.1. The molecule has 0 fully saturated rings. The highest BCUT2D eigenvalue weighted by molar-refractivity contribution is 7.37. The molecule has 1 rings (SSSR count). The third kappa shape index (κ3) is 5.40. The number of hydrogen-bond acceptors (Lipinski definition) is 0. The van der Waals surface area contributed by atoms with Gasteiger partial charge in [0.2, 0.25) is 0 Å². The monoisotopic (exact) mass is 208 g/mol. The standard InChI is InChI=1S/C13H21P/c1-2-14-12-8-4-7-11-13-9-5-3-6-10-13/h3,5-6,9-10,14H,2,4,7-8,11-12H2,1H3. The number of unbranched alkanes of at least 4 members (excludes halogenated alkanes) is 2. The Labute approximate surface area is 89.9 Å². The molecule has 0 aliphatic carbocycles. The van der Waals surface area contributed by atoms with Crippen molar-refractivity contribution in [2.24, 2.45) is 0 Å². The fourth-order valence-corrected chi connectivity index (χ4v) is 2.43. The van der Waals surface area contributed by atoms with Gasteiger partial charge in [0.25, 0.3) is 0 Å². The van der Waals surface area contributed by atoms with Crippen LogP contribution in [0.25, 0.3) is 0 Å². The Morgan fingerprint density at radius 1 is 1.00 bits per heavy atom. The highest BCUT2D eigenvalue weighted by Gasteiger charge is 1.92. The zero-order valence-corrected chi connectivity index (χ0v) is 10.1. The predicted octanol–water partition coefficient (Wildman–Crippen LogP) is 4.10. The molecule has 0 N–H and O–H groups in total. The summed E-state index contributed by atoms with van der Waals surface area (Å²) >= 11 is 0. The van der Waals surface area contributed by atoms with E-state index in [1.165, 1.54) is 52.2 Å². The quantitative estimate of drug-likeness (QED) is 0.467. The van der Waals surface area contributed by atoms with Crippen molar-refractivity contribution in [3.05, 3.63) is 35.9 Å². The van der Waals surface area contributed by atoms with Gasteiger partial charge in [0.05, 0.1) is 0 Å². The second kappa shape index (κ2) is 8.00. The molecule has 0 heterocycles. The van der Waals surface area contributed by atoms with Crippen LogP contribution in [-0.2, 0) is 6.42 Å². The van der Waals surface area contributed by atoms with E-state index < -0.39 is 0 Å². The number of benzene rings is 1. The second-order valence-electron chi connectivity index (χ2n) is 3.65. The largest absolute Gasteiger partial charge is 0.122 e. The smallest absolute Gasteiger partial charge is 0.0279 e. The number of hydrogen-bond donors (Lipinski definition) is 0. The molecule has 14 heavy (non-hydrogen) atoms. The molecule has 0 aliphatic rings. The van der Waals surface area contributed by atoms with Crippen LogP contribution in [0, 0.1) is 0 Å². The van der Waals surface area contributed by atoms with Crippen LogP contribution in [0.2, 0.25) is 0 Å². The molecule has 0 nitrogen and oxygen atoms in total. The molecule has 0 radical (unpaired) electrons. The Morgan fingerprint density at radius 2 is 1.79 bits per heavy atom. The number of aryl methyl sites for hydroxylation is 1. The molecule has 1 atom stereocenters. The van der Waals surface area contributed by atoms with Gasteiger partial charge in [0, 0.05) is 0 Å². The molecule has 0 aliphatic heterocycles. The Bertz CT molecular complexity index is 218. The summed E-state index contributed by atoms with van der Waals surface area (Å²) in [4.78, 5) is 0. The van der Waals surface area contributed by atoms with E-state index in [9.17, 15) is 0 Å². The maximum Gasteiger partial charge on any atom is -0.0279 e. The lowest BCUT2D eigenvalue weighted by molar-refractivity contribution is 0.721. The molecular weight excluding hydrogens is 187 g/mol. The van der Waals surface area contributed by atoms with Crippen molar-refractivity contribution >= 4 is 8.58 Å². The first kappa shape index (κ1) is 11.7. The summed E-state index contributed by atoms with van der Waals surface area (Å²) < 4.78 is 0. The van der Waals surface area contributed by atoms with Gasteiger partial charge in [-0.2, -0.15) is 0 Å². The van der Waals surface area contributed by atoms with Crippen LogP contribution in [0.5, 0.6) is 0 Å². The van der Waals surface area contributed by atoms with E-state index in [0.29, 0.717) is 0 Å². The third-order valence-corrected chi connectivity index (χ3v) is 3.62. The maximum absolute atomic E-state index is 2.28. The molecular formula is C13H21P. The lowest BCUT2D eigenvalue weighted by Crippen LogP contribution is -1.86. The van der Waals surface area contributed by atoms with Gasteiger partial charge >= 0.3 is 0 Å². The molecule has 0 spiro atoms. The lowest BCUT2D eigenvalue weighted by Gasteiger charge is -2.01. The first-order valence-electron chi connectivity index (χ1n) is 5.68.